The van der Waals surface area contributed by atoms with Crippen LogP contribution < -0.4 is 5.32 Å². The van der Waals surface area contributed by atoms with Crippen LogP contribution in [-0.2, 0) is 14.3 Å². The van der Waals surface area contributed by atoms with Crippen molar-refractivity contribution < 1.29 is 28.6 Å². The molecule has 0 atom stereocenters. The molecule has 0 saturated carbocycles. The molecule has 27 heavy (non-hydrogen) atoms. The third kappa shape index (κ3) is 5.24. The Kier molecular flexibility index (Phi) is 6.84. The number of thiophene rings is 1. The largest absolute Gasteiger partial charge is 0.478 e. The van der Waals surface area contributed by atoms with Gasteiger partial charge in [-0.3, -0.25) is 4.79 Å². The highest BCUT2D eigenvalue weighted by Crippen LogP contribution is 2.40. The molecule has 1 aromatic carbocycles. The molecule has 0 aliphatic heterocycles. The van der Waals surface area contributed by atoms with Gasteiger partial charge in [-0.1, -0.05) is 19.1 Å². The zero-order chi connectivity index (χ0) is 20.0. The number of benzene rings is 1. The minimum Gasteiger partial charge on any atom is -0.478 e. The molecule has 0 fully saturated rings. The number of anilines is 1. The van der Waals surface area contributed by atoms with E-state index in [2.05, 4.69) is 5.32 Å². The number of rotatable bonds is 7. The van der Waals surface area contributed by atoms with Gasteiger partial charge < -0.3 is 15.2 Å². The van der Waals surface area contributed by atoms with Crippen LogP contribution in [0.1, 0.15) is 28.6 Å². The Hall–Kier alpha value is -3.00. The second kappa shape index (κ2) is 9.09. The summed E-state index contributed by atoms with van der Waals surface area (Å²) in [6.45, 7) is 3.83. The van der Waals surface area contributed by atoms with Crippen molar-refractivity contribution in [2.24, 2.45) is 0 Å². The molecule has 2 rings (SSSR count). The summed E-state index contributed by atoms with van der Waals surface area (Å²) >= 11 is 1.16. The zero-order valence-electron chi connectivity index (χ0n) is 14.7. The van der Waals surface area contributed by atoms with Crippen LogP contribution in [0.4, 0.5) is 9.39 Å². The molecule has 1 amide bonds. The van der Waals surface area contributed by atoms with E-state index in [0.717, 1.165) is 22.3 Å². The van der Waals surface area contributed by atoms with E-state index in [1.165, 1.54) is 24.3 Å². The lowest BCUT2D eigenvalue weighted by Crippen LogP contribution is -2.13. The number of nitrogens with one attached hydrogen (secondary N) is 1. The zero-order valence-corrected chi connectivity index (χ0v) is 15.6. The number of hydrogen-bond donors (Lipinski definition) is 2. The van der Waals surface area contributed by atoms with Gasteiger partial charge in [0, 0.05) is 22.6 Å². The van der Waals surface area contributed by atoms with Gasteiger partial charge in [0.05, 0.1) is 6.61 Å². The minimum atomic E-state index is -1.26. The molecule has 0 aliphatic rings. The molecule has 0 radical (unpaired) electrons. The first-order chi connectivity index (χ1) is 12.8. The van der Waals surface area contributed by atoms with E-state index in [-0.39, 0.29) is 17.2 Å². The summed E-state index contributed by atoms with van der Waals surface area (Å²) in [6, 6.07) is 5.64. The monoisotopic (exact) mass is 391 g/mol. The van der Waals surface area contributed by atoms with Gasteiger partial charge in [-0.15, -0.1) is 11.3 Å². The summed E-state index contributed by atoms with van der Waals surface area (Å²) in [4.78, 5) is 35.8. The van der Waals surface area contributed by atoms with Crippen molar-refractivity contribution >= 4 is 34.2 Å². The average molecular weight is 391 g/mol. The number of hydrogen-bond acceptors (Lipinski definition) is 5. The second-order valence-corrected chi connectivity index (χ2v) is 6.77. The summed E-state index contributed by atoms with van der Waals surface area (Å²) in [5.74, 6) is -2.97. The Labute approximate surface area is 159 Å². The first-order valence-corrected chi connectivity index (χ1v) is 8.93. The van der Waals surface area contributed by atoms with Crippen molar-refractivity contribution in [1.82, 2.24) is 0 Å². The van der Waals surface area contributed by atoms with Crippen molar-refractivity contribution in [1.29, 1.82) is 0 Å². The number of amides is 1. The average Bonchev–Trinajstić information content (AvgIpc) is 2.94. The summed E-state index contributed by atoms with van der Waals surface area (Å²) in [6.07, 6.45) is 2.19. The molecule has 142 valence electrons. The van der Waals surface area contributed by atoms with Gasteiger partial charge >= 0.3 is 11.9 Å². The maximum atomic E-state index is 13.3. The number of carbonyl (C=O) groups excluding carboxylic acids is 2. The van der Waals surface area contributed by atoms with Crippen LogP contribution >= 0.6 is 11.3 Å². The van der Waals surface area contributed by atoms with Gasteiger partial charge in [-0.2, -0.15) is 0 Å². The number of carboxylic acids is 1. The number of ether oxygens (including phenoxy) is 1. The number of halogens is 1. The minimum absolute atomic E-state index is 0.162. The normalized spacial score (nSPS) is 10.8. The number of aryl methyl sites for hydroxylation is 1. The highest BCUT2D eigenvalue weighted by molar-refractivity contribution is 7.17. The molecule has 2 aromatic rings. The summed E-state index contributed by atoms with van der Waals surface area (Å²) < 4.78 is 18.5. The van der Waals surface area contributed by atoms with Crippen LogP contribution in [0.3, 0.4) is 0 Å². The molecule has 0 bridgehead atoms. The number of aliphatic carboxylic acids is 1. The summed E-state index contributed by atoms with van der Waals surface area (Å²) in [5, 5.41) is 11.4. The molecule has 1 aromatic heterocycles. The molecule has 2 N–H and O–H groups in total. The highest BCUT2D eigenvalue weighted by atomic mass is 32.1. The Bertz CT molecular complexity index is 886. The Balaban J connectivity index is 2.48. The quantitative estimate of drug-likeness (QED) is 0.550. The third-order valence-corrected chi connectivity index (χ3v) is 4.49. The van der Waals surface area contributed by atoms with Gasteiger partial charge in [0.2, 0.25) is 5.91 Å². The van der Waals surface area contributed by atoms with E-state index in [4.69, 9.17) is 9.84 Å². The fraction of sp³-hybridized carbons (Fsp3) is 0.211. The summed E-state index contributed by atoms with van der Waals surface area (Å²) in [5.41, 5.74) is 1.31. The topological polar surface area (TPSA) is 92.7 Å². The van der Waals surface area contributed by atoms with Gasteiger partial charge in [-0.25, -0.2) is 14.0 Å². The standard InChI is InChI=1S/C19H18FNO5S/c1-3-10-26-19(25)17-16(12-4-6-13(20)7-5-12)11(2)27-18(17)21-14(22)8-9-15(23)24/h4-9H,3,10H2,1-2H3,(H,21,22)(H,23,24). The number of esters is 1. The maximum Gasteiger partial charge on any atom is 0.341 e. The van der Waals surface area contributed by atoms with Gasteiger partial charge in [0.25, 0.3) is 0 Å². The Morgan fingerprint density at radius 1 is 1.22 bits per heavy atom. The molecular weight excluding hydrogens is 373 g/mol. The predicted molar refractivity (Wildman–Crippen MR) is 100 cm³/mol. The molecular formula is C19H18FNO5S. The smallest absolute Gasteiger partial charge is 0.341 e. The molecule has 0 aliphatic carbocycles. The van der Waals surface area contributed by atoms with E-state index in [1.54, 1.807) is 6.92 Å². The SMILES string of the molecule is CCCOC(=O)c1c(NC(=O)C=CC(=O)O)sc(C)c1-c1ccc(F)cc1. The lowest BCUT2D eigenvalue weighted by Gasteiger charge is -2.09. The fourth-order valence-corrected chi connectivity index (χ4v) is 3.43. The third-order valence-electron chi connectivity index (χ3n) is 3.47. The molecule has 0 unspecified atom stereocenters. The molecule has 6 nitrogen and oxygen atoms in total. The van der Waals surface area contributed by atoms with Crippen molar-refractivity contribution in [2.75, 3.05) is 11.9 Å². The van der Waals surface area contributed by atoms with Gasteiger partial charge in [0.1, 0.15) is 16.4 Å². The van der Waals surface area contributed by atoms with Crippen molar-refractivity contribution in [3.63, 3.8) is 0 Å². The van der Waals surface area contributed by atoms with Crippen molar-refractivity contribution in [3.8, 4) is 11.1 Å². The van der Waals surface area contributed by atoms with E-state index in [1.807, 2.05) is 6.92 Å². The fourth-order valence-electron chi connectivity index (χ4n) is 2.36. The lowest BCUT2D eigenvalue weighted by molar-refractivity contribution is -0.131. The predicted octanol–water partition coefficient (Wildman–Crippen LogP) is 4.01. The maximum absolute atomic E-state index is 13.3. The second-order valence-electron chi connectivity index (χ2n) is 5.54. The van der Waals surface area contributed by atoms with Crippen molar-refractivity contribution in [2.45, 2.75) is 20.3 Å². The first kappa shape index (κ1) is 20.3. The highest BCUT2D eigenvalue weighted by Gasteiger charge is 2.25. The van der Waals surface area contributed by atoms with Crippen LogP contribution in [0.2, 0.25) is 0 Å². The van der Waals surface area contributed by atoms with Crippen LogP contribution in [0.5, 0.6) is 0 Å². The summed E-state index contributed by atoms with van der Waals surface area (Å²) in [7, 11) is 0. The number of carboxylic acid groups (broad SMARTS) is 1. The van der Waals surface area contributed by atoms with Gasteiger partial charge in [0.15, 0.2) is 0 Å². The molecule has 1 heterocycles. The van der Waals surface area contributed by atoms with E-state index in [9.17, 15) is 18.8 Å². The first-order valence-electron chi connectivity index (χ1n) is 8.12. The molecule has 0 spiro atoms. The van der Waals surface area contributed by atoms with Gasteiger partial charge in [-0.05, 0) is 31.0 Å². The van der Waals surface area contributed by atoms with E-state index >= 15 is 0 Å². The van der Waals surface area contributed by atoms with Crippen molar-refractivity contribution in [3.05, 3.63) is 52.7 Å². The molecule has 8 heteroatoms. The Morgan fingerprint density at radius 2 is 1.89 bits per heavy atom. The van der Waals surface area contributed by atoms with Crippen LogP contribution in [0.15, 0.2) is 36.4 Å². The Morgan fingerprint density at radius 3 is 2.48 bits per heavy atom. The van der Waals surface area contributed by atoms with E-state index in [0.29, 0.717) is 23.6 Å². The lowest BCUT2D eigenvalue weighted by atomic mass is 10.0. The van der Waals surface area contributed by atoms with Crippen LogP contribution in [-0.4, -0.2) is 29.6 Å². The van der Waals surface area contributed by atoms with Crippen LogP contribution in [0.25, 0.3) is 11.1 Å². The van der Waals surface area contributed by atoms with E-state index < -0.39 is 23.7 Å². The van der Waals surface area contributed by atoms with Crippen LogP contribution in [0, 0.1) is 12.7 Å². The number of carbonyl (C=O) groups is 3. The molecule has 0 saturated heterocycles.